The van der Waals surface area contributed by atoms with Crippen LogP contribution in [0.15, 0.2) is 60.7 Å². The molecule has 0 aliphatic heterocycles. The van der Waals surface area contributed by atoms with Gasteiger partial charge in [0, 0.05) is 11.1 Å². The van der Waals surface area contributed by atoms with Gasteiger partial charge in [-0.25, -0.2) is 4.79 Å². The zero-order chi connectivity index (χ0) is 27.3. The van der Waals surface area contributed by atoms with Crippen molar-refractivity contribution in [1.29, 1.82) is 0 Å². The van der Waals surface area contributed by atoms with Crippen LogP contribution in [-0.4, -0.2) is 94.3 Å². The molecule has 2 rings (SSSR count). The molecule has 2 aromatic rings. The molecule has 0 aliphatic carbocycles. The van der Waals surface area contributed by atoms with Gasteiger partial charge in [0.2, 0.25) is 17.2 Å². The van der Waals surface area contributed by atoms with Crippen molar-refractivity contribution in [3.63, 3.8) is 0 Å². The van der Waals surface area contributed by atoms with Gasteiger partial charge in [-0.2, -0.15) is 0 Å². The Bertz CT molecular complexity index is 1140. The van der Waals surface area contributed by atoms with Crippen molar-refractivity contribution in [2.45, 2.75) is 23.7 Å². The van der Waals surface area contributed by atoms with Crippen LogP contribution in [0, 0.1) is 0 Å². The van der Waals surface area contributed by atoms with Gasteiger partial charge in [-0.05, 0) is 0 Å². The van der Waals surface area contributed by atoms with Crippen molar-refractivity contribution in [3.8, 4) is 0 Å². The van der Waals surface area contributed by atoms with E-state index in [1.165, 1.54) is 36.4 Å². The van der Waals surface area contributed by atoms with E-state index in [0.717, 1.165) is 24.3 Å². The third-order valence-electron chi connectivity index (χ3n) is 5.27. The summed E-state index contributed by atoms with van der Waals surface area (Å²) in [5.41, 5.74) is -9.06. The molecule has 0 saturated heterocycles. The molecule has 0 aromatic heterocycles. The number of ketones is 2. The number of nitrogens with zero attached hydrogens (tertiary/aromatic N) is 1. The van der Waals surface area contributed by atoms with Crippen LogP contribution < -0.4 is 5.11 Å². The van der Waals surface area contributed by atoms with Gasteiger partial charge in [0.05, 0.1) is 33.5 Å². The first-order chi connectivity index (χ1) is 16.6. The van der Waals surface area contributed by atoms with Gasteiger partial charge in [0.25, 0.3) is 5.60 Å². The van der Waals surface area contributed by atoms with Gasteiger partial charge < -0.3 is 34.4 Å². The Balaban J connectivity index is 2.72. The highest BCUT2D eigenvalue weighted by Gasteiger charge is 2.67. The van der Waals surface area contributed by atoms with Crippen LogP contribution >= 0.6 is 0 Å². The number of rotatable bonds is 12. The molecule has 2 aromatic carbocycles. The topological polar surface area (TPSA) is 178 Å². The molecule has 0 heterocycles. The Morgan fingerprint density at radius 1 is 0.833 bits per heavy atom. The lowest BCUT2D eigenvalue weighted by molar-refractivity contribution is -0.873. The molecule has 0 fully saturated rings. The molecular weight excluding hydrogens is 474 g/mol. The minimum Gasteiger partial charge on any atom is -0.546 e. The lowest BCUT2D eigenvalue weighted by Gasteiger charge is -2.40. The van der Waals surface area contributed by atoms with E-state index in [4.69, 9.17) is 4.74 Å². The standard InChI is InChI=1S/C25H27NO10/c1-26(2,3)15-18(14-19(27)28)36-23(33)25(35,21(30)17-12-8-5-9-13-17)24(34,22(31)32)20(29)16-10-6-4-7-11-16/h4-13,18,34-35H,14-15H2,1-3H3,(H-,27,28,31,32)/t18-,24?,25?/m1/s1. The second-order valence-electron chi connectivity index (χ2n) is 9.20. The monoisotopic (exact) mass is 501 g/mol. The first kappa shape index (κ1) is 28.3. The fourth-order valence-electron chi connectivity index (χ4n) is 3.59. The van der Waals surface area contributed by atoms with Crippen LogP contribution in [0.3, 0.4) is 0 Å². The van der Waals surface area contributed by atoms with Crippen molar-refractivity contribution >= 4 is 29.5 Å². The van der Waals surface area contributed by atoms with Gasteiger partial charge in [-0.1, -0.05) is 60.7 Å². The number of Topliss-reactive ketones (excluding diaryl/α,β-unsaturated/α-hetero) is 2. The summed E-state index contributed by atoms with van der Waals surface area (Å²) in [5, 5.41) is 44.0. The van der Waals surface area contributed by atoms with E-state index >= 15 is 0 Å². The smallest absolute Gasteiger partial charge is 0.351 e. The van der Waals surface area contributed by atoms with Crippen LogP contribution in [0.25, 0.3) is 0 Å². The van der Waals surface area contributed by atoms with Crippen molar-refractivity contribution in [1.82, 2.24) is 0 Å². The zero-order valence-corrected chi connectivity index (χ0v) is 19.9. The lowest BCUT2D eigenvalue weighted by atomic mass is 9.73. The number of hydrogen-bond donors (Lipinski definition) is 3. The molecule has 192 valence electrons. The number of likely N-dealkylation sites (N-methyl/N-ethyl adjacent to an activating group) is 1. The van der Waals surface area contributed by atoms with Gasteiger partial charge >= 0.3 is 11.9 Å². The second-order valence-corrected chi connectivity index (χ2v) is 9.20. The summed E-state index contributed by atoms with van der Waals surface area (Å²) in [5.74, 6) is -9.43. The minimum atomic E-state index is -4.14. The predicted molar refractivity (Wildman–Crippen MR) is 121 cm³/mol. The number of quaternary nitrogens is 1. The molecule has 11 nitrogen and oxygen atoms in total. The first-order valence-electron chi connectivity index (χ1n) is 10.7. The van der Waals surface area contributed by atoms with Gasteiger partial charge in [0.1, 0.15) is 6.54 Å². The number of carbonyl (C=O) groups excluding carboxylic acids is 4. The number of benzene rings is 2. The highest BCUT2D eigenvalue weighted by molar-refractivity contribution is 6.28. The fourth-order valence-corrected chi connectivity index (χ4v) is 3.59. The average Bonchev–Trinajstić information content (AvgIpc) is 2.81. The molecule has 0 saturated carbocycles. The number of carboxylic acid groups (broad SMARTS) is 2. The molecular formula is C25H27NO10. The van der Waals surface area contributed by atoms with E-state index in [9.17, 15) is 44.4 Å². The minimum absolute atomic E-state index is 0.0734. The van der Waals surface area contributed by atoms with Crippen LogP contribution in [0.4, 0.5) is 0 Å². The van der Waals surface area contributed by atoms with Crippen LogP contribution in [0.5, 0.6) is 0 Å². The molecule has 0 radical (unpaired) electrons. The quantitative estimate of drug-likeness (QED) is 0.142. The molecule has 2 unspecified atom stereocenters. The van der Waals surface area contributed by atoms with Crippen LogP contribution in [-0.2, 0) is 19.1 Å². The number of ether oxygens (including phenoxy) is 1. The zero-order valence-electron chi connectivity index (χ0n) is 19.9. The molecule has 3 atom stereocenters. The van der Waals surface area contributed by atoms with Crippen LogP contribution in [0.1, 0.15) is 27.1 Å². The van der Waals surface area contributed by atoms with Crippen molar-refractivity contribution in [2.24, 2.45) is 0 Å². The van der Waals surface area contributed by atoms with E-state index in [-0.39, 0.29) is 11.0 Å². The highest BCUT2D eigenvalue weighted by atomic mass is 16.6. The van der Waals surface area contributed by atoms with Crippen molar-refractivity contribution in [3.05, 3.63) is 71.8 Å². The summed E-state index contributed by atoms with van der Waals surface area (Å²) in [6.45, 7) is -0.135. The van der Waals surface area contributed by atoms with E-state index in [1.807, 2.05) is 0 Å². The van der Waals surface area contributed by atoms with Crippen molar-refractivity contribution < 1.29 is 53.6 Å². The van der Waals surface area contributed by atoms with Crippen LogP contribution in [0.2, 0.25) is 0 Å². The Labute approximate surface area is 206 Å². The summed E-state index contributed by atoms with van der Waals surface area (Å²) in [7, 11) is 4.92. The molecule has 0 bridgehead atoms. The average molecular weight is 501 g/mol. The Morgan fingerprint density at radius 2 is 1.25 bits per heavy atom. The summed E-state index contributed by atoms with van der Waals surface area (Å²) < 4.78 is 5.19. The molecule has 0 spiro atoms. The first-order valence-corrected chi connectivity index (χ1v) is 10.7. The van der Waals surface area contributed by atoms with E-state index in [0.29, 0.717) is 0 Å². The molecule has 3 N–H and O–H groups in total. The SMILES string of the molecule is C[N+](C)(C)C[C@@H](CC(=O)O)OC(=O)C(O)(C(=O)c1ccccc1)C(O)(C(=O)[O-])C(=O)c1ccccc1. The maximum absolute atomic E-state index is 13.4. The maximum Gasteiger partial charge on any atom is 0.351 e. The number of esters is 1. The van der Waals surface area contributed by atoms with E-state index < -0.39 is 64.3 Å². The summed E-state index contributed by atoms with van der Waals surface area (Å²) >= 11 is 0. The molecule has 0 amide bonds. The van der Waals surface area contributed by atoms with E-state index in [1.54, 1.807) is 21.1 Å². The lowest BCUT2D eigenvalue weighted by Crippen LogP contribution is -2.74. The van der Waals surface area contributed by atoms with E-state index in [2.05, 4.69) is 0 Å². The summed E-state index contributed by atoms with van der Waals surface area (Å²) in [4.78, 5) is 63.5. The van der Waals surface area contributed by atoms with Crippen molar-refractivity contribution in [2.75, 3.05) is 27.7 Å². The second kappa shape index (κ2) is 10.8. The Kier molecular flexibility index (Phi) is 8.47. The highest BCUT2D eigenvalue weighted by Crippen LogP contribution is 2.32. The number of hydrogen-bond acceptors (Lipinski definition) is 9. The normalized spacial score (nSPS) is 15.6. The molecule has 11 heteroatoms. The largest absolute Gasteiger partial charge is 0.546 e. The number of aliphatic hydroxyl groups is 2. The molecule has 36 heavy (non-hydrogen) atoms. The van der Waals surface area contributed by atoms with Gasteiger partial charge in [-0.3, -0.25) is 14.4 Å². The molecule has 0 aliphatic rings. The Morgan fingerprint density at radius 3 is 1.61 bits per heavy atom. The number of carboxylic acids is 2. The fraction of sp³-hybridized carbons (Fsp3) is 0.320. The van der Waals surface area contributed by atoms with Gasteiger partial charge in [0.15, 0.2) is 6.10 Å². The predicted octanol–water partition coefficient (Wildman–Crippen LogP) is -0.943. The summed E-state index contributed by atoms with van der Waals surface area (Å²) in [6.07, 6.45) is -2.24. The maximum atomic E-state index is 13.4. The summed E-state index contributed by atoms with van der Waals surface area (Å²) in [6, 6.07) is 12.7. The number of aliphatic carboxylic acids is 2. The Hall–Kier alpha value is -3.93. The third kappa shape index (κ3) is 5.82. The van der Waals surface area contributed by atoms with Gasteiger partial charge in [-0.15, -0.1) is 0 Å². The third-order valence-corrected chi connectivity index (χ3v) is 5.27. The number of carbonyl (C=O) groups is 5.